The number of sulfonamides is 1. The first-order chi connectivity index (χ1) is 11.5. The number of benzene rings is 2. The Bertz CT molecular complexity index is 957. The van der Waals surface area contributed by atoms with E-state index in [1.54, 1.807) is 12.1 Å². The molecule has 0 spiro atoms. The van der Waals surface area contributed by atoms with Gasteiger partial charge in [-0.05, 0) is 52.9 Å². The molecule has 1 aliphatic carbocycles. The molecule has 0 radical (unpaired) electrons. The van der Waals surface area contributed by atoms with E-state index in [9.17, 15) is 8.42 Å². The number of rotatable bonds is 3. The molecule has 0 bridgehead atoms. The summed E-state index contributed by atoms with van der Waals surface area (Å²) < 4.78 is 22.9. The molecule has 0 amide bonds. The number of anilines is 1. The molecule has 0 saturated carbocycles. The van der Waals surface area contributed by atoms with Gasteiger partial charge in [-0.15, -0.1) is 0 Å². The van der Waals surface area contributed by atoms with Crippen molar-refractivity contribution in [3.63, 3.8) is 0 Å². The number of nitrogens with one attached hydrogen (secondary N) is 1. The van der Waals surface area contributed by atoms with Crippen molar-refractivity contribution in [1.82, 2.24) is 0 Å². The normalized spacial score (nSPS) is 19.0. The van der Waals surface area contributed by atoms with Crippen LogP contribution in [0.1, 0.15) is 29.0 Å². The summed E-state index contributed by atoms with van der Waals surface area (Å²) in [5.41, 5.74) is 6.13. The molecule has 24 heavy (non-hydrogen) atoms. The molecular weight excluding hydrogens is 320 g/mol. The van der Waals surface area contributed by atoms with Gasteiger partial charge >= 0.3 is 0 Å². The maximum absolute atomic E-state index is 11.4. The first-order valence-electron chi connectivity index (χ1n) is 7.89. The molecule has 0 fully saturated rings. The van der Waals surface area contributed by atoms with Crippen LogP contribution in [0.4, 0.5) is 5.69 Å². The van der Waals surface area contributed by atoms with E-state index in [1.807, 2.05) is 12.1 Å². The molecular formula is C19H18N2O2S. The highest BCUT2D eigenvalue weighted by Gasteiger charge is 2.21. The van der Waals surface area contributed by atoms with Crippen LogP contribution in [0.15, 0.2) is 65.6 Å². The van der Waals surface area contributed by atoms with E-state index in [0.717, 1.165) is 18.5 Å². The molecule has 122 valence electrons. The highest BCUT2D eigenvalue weighted by atomic mass is 32.2. The Morgan fingerprint density at radius 3 is 2.50 bits per heavy atom. The molecule has 1 atom stereocenters. The maximum atomic E-state index is 11.4. The van der Waals surface area contributed by atoms with Crippen molar-refractivity contribution in [1.29, 1.82) is 0 Å². The van der Waals surface area contributed by atoms with Gasteiger partial charge in [-0.3, -0.25) is 0 Å². The second kappa shape index (κ2) is 5.61. The van der Waals surface area contributed by atoms with Crippen molar-refractivity contribution in [3.05, 3.63) is 77.4 Å². The lowest BCUT2D eigenvalue weighted by Crippen LogP contribution is -2.14. The summed E-state index contributed by atoms with van der Waals surface area (Å²) in [5, 5.41) is 8.46. The molecule has 3 N–H and O–H groups in total. The summed E-state index contributed by atoms with van der Waals surface area (Å²) >= 11 is 0. The fourth-order valence-electron chi connectivity index (χ4n) is 3.31. The van der Waals surface area contributed by atoms with Gasteiger partial charge < -0.3 is 5.32 Å². The zero-order valence-corrected chi connectivity index (χ0v) is 13.9. The molecule has 2 aromatic carbocycles. The van der Waals surface area contributed by atoms with E-state index in [2.05, 4.69) is 41.7 Å². The van der Waals surface area contributed by atoms with Crippen molar-refractivity contribution < 1.29 is 8.42 Å². The molecule has 1 heterocycles. The maximum Gasteiger partial charge on any atom is 0.238 e. The van der Waals surface area contributed by atoms with Gasteiger partial charge in [0.2, 0.25) is 10.0 Å². The lowest BCUT2D eigenvalue weighted by atomic mass is 9.81. The average Bonchev–Trinajstić information content (AvgIpc) is 2.55. The van der Waals surface area contributed by atoms with E-state index >= 15 is 0 Å². The number of hydrogen-bond donors (Lipinski definition) is 2. The summed E-state index contributed by atoms with van der Waals surface area (Å²) in [4.78, 5) is 0.148. The summed E-state index contributed by atoms with van der Waals surface area (Å²) in [7, 11) is -3.65. The van der Waals surface area contributed by atoms with Crippen molar-refractivity contribution in [3.8, 4) is 0 Å². The third kappa shape index (κ3) is 2.66. The van der Waals surface area contributed by atoms with Crippen LogP contribution >= 0.6 is 0 Å². The second-order valence-corrected chi connectivity index (χ2v) is 7.74. The largest absolute Gasteiger partial charge is 0.381 e. The Labute approximate surface area is 141 Å². The summed E-state index contributed by atoms with van der Waals surface area (Å²) in [6.45, 7) is 0.917. The smallest absolute Gasteiger partial charge is 0.238 e. The van der Waals surface area contributed by atoms with Gasteiger partial charge in [0.05, 0.1) is 4.90 Å². The van der Waals surface area contributed by atoms with Gasteiger partial charge in [-0.2, -0.15) is 0 Å². The van der Waals surface area contributed by atoms with Gasteiger partial charge in [0.1, 0.15) is 0 Å². The summed E-state index contributed by atoms with van der Waals surface area (Å²) in [5.74, 6) is 0.218. The molecule has 4 rings (SSSR count). The molecule has 2 aliphatic rings. The topological polar surface area (TPSA) is 72.2 Å². The predicted octanol–water partition coefficient (Wildman–Crippen LogP) is 3.39. The number of primary sulfonamides is 1. The highest BCUT2D eigenvalue weighted by Crippen LogP contribution is 2.39. The van der Waals surface area contributed by atoms with Crippen molar-refractivity contribution in [2.45, 2.75) is 23.8 Å². The minimum absolute atomic E-state index is 0.148. The van der Waals surface area contributed by atoms with Crippen molar-refractivity contribution in [2.75, 3.05) is 5.32 Å². The lowest BCUT2D eigenvalue weighted by Gasteiger charge is -2.26. The standard InChI is InChI=1S/C19H18N2O2S/c20-24(22,23)16-8-5-13(6-9-16)17-3-1-2-4-18(17)14-7-10-19-15(11-14)12-21-19/h1-2,4-11,17,21H,3,12H2,(H2,20,22,23). The molecule has 4 nitrogen and oxygen atoms in total. The van der Waals surface area contributed by atoms with E-state index in [4.69, 9.17) is 5.14 Å². The molecule has 2 aromatic rings. The summed E-state index contributed by atoms with van der Waals surface area (Å²) in [6.07, 6.45) is 7.28. The quantitative estimate of drug-likeness (QED) is 0.901. The number of nitrogens with two attached hydrogens (primary N) is 1. The Morgan fingerprint density at radius 2 is 1.88 bits per heavy atom. The third-order valence-corrected chi connectivity index (χ3v) is 5.61. The summed E-state index contributed by atoms with van der Waals surface area (Å²) in [6, 6.07) is 13.4. The fourth-order valence-corrected chi connectivity index (χ4v) is 3.82. The average molecular weight is 338 g/mol. The fraction of sp³-hybridized carbons (Fsp3) is 0.158. The first kappa shape index (κ1) is 15.2. The Kier molecular flexibility index (Phi) is 3.55. The van der Waals surface area contributed by atoms with Crippen LogP contribution in [0.25, 0.3) is 5.57 Å². The zero-order chi connectivity index (χ0) is 16.7. The first-order valence-corrected chi connectivity index (χ1v) is 9.44. The van der Waals surface area contributed by atoms with E-state index in [-0.39, 0.29) is 10.8 Å². The molecule has 5 heteroatoms. The number of hydrogen-bond acceptors (Lipinski definition) is 3. The van der Waals surface area contributed by atoms with Crippen LogP contribution in [-0.4, -0.2) is 8.42 Å². The molecule has 1 unspecified atom stereocenters. The van der Waals surface area contributed by atoms with Crippen LogP contribution < -0.4 is 10.5 Å². The Hall–Kier alpha value is -2.37. The lowest BCUT2D eigenvalue weighted by molar-refractivity contribution is 0.597. The minimum atomic E-state index is -3.65. The molecule has 1 aliphatic heterocycles. The predicted molar refractivity (Wildman–Crippen MR) is 96.1 cm³/mol. The number of allylic oxidation sites excluding steroid dienone is 4. The minimum Gasteiger partial charge on any atom is -0.381 e. The Morgan fingerprint density at radius 1 is 1.08 bits per heavy atom. The van der Waals surface area contributed by atoms with Gasteiger partial charge in [-0.25, -0.2) is 13.6 Å². The third-order valence-electron chi connectivity index (χ3n) is 4.68. The van der Waals surface area contributed by atoms with Crippen LogP contribution in [0.3, 0.4) is 0 Å². The van der Waals surface area contributed by atoms with Crippen LogP contribution in [0, 0.1) is 0 Å². The van der Waals surface area contributed by atoms with Crippen LogP contribution in [-0.2, 0) is 16.6 Å². The second-order valence-electron chi connectivity index (χ2n) is 6.18. The van der Waals surface area contributed by atoms with Gasteiger partial charge in [-0.1, -0.05) is 36.4 Å². The van der Waals surface area contributed by atoms with Crippen LogP contribution in [0.2, 0.25) is 0 Å². The Balaban J connectivity index is 1.70. The highest BCUT2D eigenvalue weighted by molar-refractivity contribution is 7.89. The van der Waals surface area contributed by atoms with E-state index in [0.29, 0.717) is 0 Å². The van der Waals surface area contributed by atoms with E-state index in [1.165, 1.54) is 22.4 Å². The number of fused-ring (bicyclic) bond motifs is 1. The molecule has 0 aromatic heterocycles. The van der Waals surface area contributed by atoms with E-state index < -0.39 is 10.0 Å². The van der Waals surface area contributed by atoms with Gasteiger partial charge in [0.25, 0.3) is 0 Å². The SMILES string of the molecule is NS(=O)(=O)c1ccc(C2CC=CC=C2c2ccc3c(c2)CN3)cc1. The van der Waals surface area contributed by atoms with Gasteiger partial charge in [0.15, 0.2) is 0 Å². The monoisotopic (exact) mass is 338 g/mol. The zero-order valence-electron chi connectivity index (χ0n) is 13.1. The molecule has 0 saturated heterocycles. The van der Waals surface area contributed by atoms with Gasteiger partial charge in [0, 0.05) is 18.2 Å². The van der Waals surface area contributed by atoms with Crippen molar-refractivity contribution >= 4 is 21.3 Å². The van der Waals surface area contributed by atoms with Crippen LogP contribution in [0.5, 0.6) is 0 Å². The van der Waals surface area contributed by atoms with Crippen molar-refractivity contribution in [2.24, 2.45) is 5.14 Å².